The van der Waals surface area contributed by atoms with Gasteiger partial charge in [-0.05, 0) is 42.5 Å². The van der Waals surface area contributed by atoms with Crippen LogP contribution in [0.4, 0.5) is 0 Å². The molecule has 25 heavy (non-hydrogen) atoms. The maximum Gasteiger partial charge on any atom is 0.298 e. The second kappa shape index (κ2) is 6.16. The van der Waals surface area contributed by atoms with Gasteiger partial charge < -0.3 is 19.0 Å². The number of imidazole rings is 1. The Balaban J connectivity index is 1.70. The zero-order chi connectivity index (χ0) is 17.2. The van der Waals surface area contributed by atoms with Crippen molar-refractivity contribution in [2.24, 2.45) is 0 Å². The van der Waals surface area contributed by atoms with E-state index in [0.29, 0.717) is 23.6 Å². The Morgan fingerprint density at radius 3 is 2.72 bits per heavy atom. The van der Waals surface area contributed by atoms with Crippen molar-refractivity contribution in [3.63, 3.8) is 0 Å². The highest BCUT2D eigenvalue weighted by atomic mass is 16.5. The number of rotatable bonds is 5. The van der Waals surface area contributed by atoms with Gasteiger partial charge in [-0.1, -0.05) is 6.07 Å². The molecule has 4 aromatic rings. The first-order valence-electron chi connectivity index (χ1n) is 7.70. The number of hydrogen-bond donors (Lipinski definition) is 1. The number of aromatic amines is 1. The van der Waals surface area contributed by atoms with Gasteiger partial charge in [-0.15, -0.1) is 0 Å². The van der Waals surface area contributed by atoms with E-state index in [-0.39, 0.29) is 0 Å². The number of methoxy groups -OCH3 is 1. The lowest BCUT2D eigenvalue weighted by Gasteiger charge is -2.04. The van der Waals surface area contributed by atoms with Gasteiger partial charge in [0.1, 0.15) is 17.1 Å². The number of nitrogens with zero attached hydrogens (tertiary/aromatic N) is 2. The second-order valence-corrected chi connectivity index (χ2v) is 5.46. The van der Waals surface area contributed by atoms with Crippen LogP contribution in [-0.2, 0) is 4.79 Å². The number of ether oxygens (including phenoxy) is 2. The Labute approximate surface area is 143 Å². The quantitative estimate of drug-likeness (QED) is 0.567. The molecule has 0 bridgehead atoms. The first-order chi connectivity index (χ1) is 12.3. The molecule has 124 valence electrons. The lowest BCUT2D eigenvalue weighted by atomic mass is 10.3. The third-order valence-corrected chi connectivity index (χ3v) is 3.99. The Hall–Kier alpha value is -3.54. The van der Waals surface area contributed by atoms with E-state index in [1.807, 2.05) is 59.4 Å². The van der Waals surface area contributed by atoms with Gasteiger partial charge in [0.25, 0.3) is 6.47 Å². The van der Waals surface area contributed by atoms with Crippen LogP contribution in [0.25, 0.3) is 28.1 Å². The Bertz CT molecular complexity index is 1030. The molecule has 2 aromatic carbocycles. The highest BCUT2D eigenvalue weighted by molar-refractivity contribution is 5.85. The predicted molar refractivity (Wildman–Crippen MR) is 94.1 cm³/mol. The Kier molecular flexibility index (Phi) is 3.70. The predicted octanol–water partition coefficient (Wildman–Crippen LogP) is 3.56. The van der Waals surface area contributed by atoms with Crippen molar-refractivity contribution in [3.05, 3.63) is 60.9 Å². The molecule has 0 fully saturated rings. The minimum atomic E-state index is 0.406. The summed E-state index contributed by atoms with van der Waals surface area (Å²) >= 11 is 0. The molecule has 1 N–H and O–H groups in total. The number of carbonyl (C=O) groups excluding carboxylic acids is 1. The summed E-state index contributed by atoms with van der Waals surface area (Å²) in [6.07, 6.45) is 3.95. The topological polar surface area (TPSA) is 69.1 Å². The fourth-order valence-corrected chi connectivity index (χ4v) is 2.74. The zero-order valence-corrected chi connectivity index (χ0v) is 13.5. The molecule has 2 heterocycles. The van der Waals surface area contributed by atoms with Crippen LogP contribution in [-0.4, -0.2) is 28.1 Å². The molecule has 0 aliphatic heterocycles. The van der Waals surface area contributed by atoms with Gasteiger partial charge in [0.2, 0.25) is 0 Å². The molecule has 0 saturated carbocycles. The van der Waals surface area contributed by atoms with Gasteiger partial charge >= 0.3 is 0 Å². The van der Waals surface area contributed by atoms with Crippen molar-refractivity contribution in [1.29, 1.82) is 0 Å². The molecular weight excluding hydrogens is 318 g/mol. The fraction of sp³-hybridized carbons (Fsp3) is 0.0526. The molecule has 0 aliphatic carbocycles. The summed E-state index contributed by atoms with van der Waals surface area (Å²) in [4.78, 5) is 18.4. The van der Waals surface area contributed by atoms with E-state index in [1.54, 1.807) is 13.2 Å². The molecule has 0 radical (unpaired) electrons. The fourth-order valence-electron chi connectivity index (χ4n) is 2.74. The molecule has 0 aliphatic rings. The number of hydrogen-bond acceptors (Lipinski definition) is 4. The van der Waals surface area contributed by atoms with Crippen LogP contribution in [0.2, 0.25) is 0 Å². The van der Waals surface area contributed by atoms with Gasteiger partial charge in [-0.2, -0.15) is 0 Å². The molecule has 0 unspecified atom stereocenters. The average molecular weight is 333 g/mol. The Morgan fingerprint density at radius 2 is 1.96 bits per heavy atom. The summed E-state index contributed by atoms with van der Waals surface area (Å²) in [6.45, 7) is 0.406. The molecule has 2 aromatic heterocycles. The average Bonchev–Trinajstić information content (AvgIpc) is 3.29. The van der Waals surface area contributed by atoms with Crippen molar-refractivity contribution in [3.8, 4) is 28.6 Å². The smallest absolute Gasteiger partial charge is 0.298 e. The minimum Gasteiger partial charge on any atom is -0.497 e. The summed E-state index contributed by atoms with van der Waals surface area (Å²) in [5.74, 6) is 1.96. The number of benzene rings is 2. The van der Waals surface area contributed by atoms with E-state index in [2.05, 4.69) is 9.97 Å². The molecule has 4 rings (SSSR count). The molecule has 6 heteroatoms. The third-order valence-electron chi connectivity index (χ3n) is 3.99. The monoisotopic (exact) mass is 333 g/mol. The maximum atomic E-state index is 10.6. The maximum absolute atomic E-state index is 10.6. The molecule has 0 amide bonds. The van der Waals surface area contributed by atoms with E-state index < -0.39 is 0 Å². The Morgan fingerprint density at radius 1 is 1.12 bits per heavy atom. The first kappa shape index (κ1) is 15.0. The van der Waals surface area contributed by atoms with Crippen LogP contribution < -0.4 is 9.47 Å². The molecule has 0 saturated heterocycles. The zero-order valence-electron chi connectivity index (χ0n) is 13.5. The van der Waals surface area contributed by atoms with E-state index in [0.717, 1.165) is 22.5 Å². The molecule has 0 atom stereocenters. The summed E-state index contributed by atoms with van der Waals surface area (Å²) in [7, 11) is 1.65. The molecule has 6 nitrogen and oxygen atoms in total. The van der Waals surface area contributed by atoms with Crippen molar-refractivity contribution in [2.75, 3.05) is 7.11 Å². The SMILES string of the molecule is COc1ccc(-n2ccc(-c3nc4c(OC=O)cccc4[nH]3)c2)cc1. The molecule has 0 spiro atoms. The van der Waals surface area contributed by atoms with Crippen molar-refractivity contribution in [1.82, 2.24) is 14.5 Å². The van der Waals surface area contributed by atoms with Crippen molar-refractivity contribution >= 4 is 17.5 Å². The standard InChI is InChI=1S/C19H15N3O3/c1-24-15-7-5-14(6-8-15)22-10-9-13(11-22)19-20-16-3-2-4-17(25-12-23)18(16)21-19/h2-12H,1H3,(H,20,21). The lowest BCUT2D eigenvalue weighted by Crippen LogP contribution is -1.90. The van der Waals surface area contributed by atoms with Crippen LogP contribution in [0.15, 0.2) is 60.9 Å². The summed E-state index contributed by atoms with van der Waals surface area (Å²) in [5, 5.41) is 0. The number of carbonyl (C=O) groups is 1. The number of H-pyrrole nitrogens is 1. The van der Waals surface area contributed by atoms with Crippen LogP contribution in [0.1, 0.15) is 0 Å². The number of para-hydroxylation sites is 1. The van der Waals surface area contributed by atoms with Gasteiger partial charge in [-0.3, -0.25) is 4.79 Å². The van der Waals surface area contributed by atoms with Crippen LogP contribution >= 0.6 is 0 Å². The third kappa shape index (κ3) is 2.74. The first-order valence-corrected chi connectivity index (χ1v) is 7.70. The van der Waals surface area contributed by atoms with Crippen molar-refractivity contribution in [2.45, 2.75) is 0 Å². The van der Waals surface area contributed by atoms with E-state index in [1.165, 1.54) is 0 Å². The summed E-state index contributed by atoms with van der Waals surface area (Å²) < 4.78 is 12.2. The van der Waals surface area contributed by atoms with Gasteiger partial charge in [0, 0.05) is 23.6 Å². The van der Waals surface area contributed by atoms with Gasteiger partial charge in [0.15, 0.2) is 5.75 Å². The number of nitrogens with one attached hydrogen (secondary N) is 1. The summed E-state index contributed by atoms with van der Waals surface area (Å²) in [5.41, 5.74) is 3.39. The number of fused-ring (bicyclic) bond motifs is 1. The second-order valence-electron chi connectivity index (χ2n) is 5.46. The van der Waals surface area contributed by atoms with E-state index in [9.17, 15) is 4.79 Å². The van der Waals surface area contributed by atoms with Crippen LogP contribution in [0.5, 0.6) is 11.5 Å². The lowest BCUT2D eigenvalue weighted by molar-refractivity contribution is -0.120. The van der Waals surface area contributed by atoms with E-state index in [4.69, 9.17) is 9.47 Å². The highest BCUT2D eigenvalue weighted by Gasteiger charge is 2.11. The van der Waals surface area contributed by atoms with Gasteiger partial charge in [0.05, 0.1) is 12.6 Å². The highest BCUT2D eigenvalue weighted by Crippen LogP contribution is 2.28. The van der Waals surface area contributed by atoms with Crippen molar-refractivity contribution < 1.29 is 14.3 Å². The largest absolute Gasteiger partial charge is 0.497 e. The van der Waals surface area contributed by atoms with E-state index >= 15 is 0 Å². The number of aromatic nitrogens is 3. The van der Waals surface area contributed by atoms with Gasteiger partial charge in [-0.25, -0.2) is 4.98 Å². The van der Waals surface area contributed by atoms with Crippen LogP contribution in [0.3, 0.4) is 0 Å². The summed E-state index contributed by atoms with van der Waals surface area (Å²) in [6, 6.07) is 15.2. The minimum absolute atomic E-state index is 0.406. The van der Waals surface area contributed by atoms with Crippen LogP contribution in [0, 0.1) is 0 Å². The normalized spacial score (nSPS) is 10.8. The molecular formula is C19H15N3O3.